The topological polar surface area (TPSA) is 43.9 Å². The minimum absolute atomic E-state index is 0.0583. The molecule has 2 amide bonds. The number of halogens is 1. The molecule has 0 N–H and O–H groups in total. The molecule has 1 aliphatic rings. The van der Waals surface area contributed by atoms with Crippen molar-refractivity contribution < 1.29 is 9.59 Å². The average Bonchev–Trinajstić information content (AvgIpc) is 3.18. The first kappa shape index (κ1) is 18.9. The molecule has 0 spiro atoms. The van der Waals surface area contributed by atoms with Crippen LogP contribution in [0.25, 0.3) is 0 Å². The van der Waals surface area contributed by atoms with Gasteiger partial charge in [-0.05, 0) is 30.1 Å². The van der Waals surface area contributed by atoms with Gasteiger partial charge in [0.05, 0.1) is 11.4 Å². The van der Waals surface area contributed by atoms with Gasteiger partial charge in [0, 0.05) is 37.7 Å². The Kier molecular flexibility index (Phi) is 6.29. The lowest BCUT2D eigenvalue weighted by Gasteiger charge is -2.35. The standard InChI is InChI=1S/C19H22ClN3O2S/c1-21(13-15-5-2-3-6-16(15)20)14-18(24)22-8-10-23(11-9-22)19(25)17-7-4-12-26-17/h2-7,12H,8-11,13-14H2,1H3. The zero-order valence-corrected chi connectivity index (χ0v) is 16.3. The summed E-state index contributed by atoms with van der Waals surface area (Å²) in [7, 11) is 1.91. The van der Waals surface area contributed by atoms with Crippen LogP contribution in [0.1, 0.15) is 15.2 Å². The van der Waals surface area contributed by atoms with E-state index in [0.29, 0.717) is 44.3 Å². The number of nitrogens with zero attached hydrogens (tertiary/aromatic N) is 3. The second-order valence-corrected chi connectivity index (χ2v) is 7.77. The first-order valence-corrected chi connectivity index (χ1v) is 9.83. The summed E-state index contributed by atoms with van der Waals surface area (Å²) in [5.74, 6) is 0.144. The van der Waals surface area contributed by atoms with Gasteiger partial charge in [0.1, 0.15) is 0 Å². The van der Waals surface area contributed by atoms with Gasteiger partial charge in [0.25, 0.3) is 5.91 Å². The number of thiophene rings is 1. The molecule has 1 aliphatic heterocycles. The van der Waals surface area contributed by atoms with Crippen molar-refractivity contribution in [3.8, 4) is 0 Å². The lowest BCUT2D eigenvalue weighted by molar-refractivity contribution is -0.133. The summed E-state index contributed by atoms with van der Waals surface area (Å²) >= 11 is 7.64. The molecule has 0 aliphatic carbocycles. The molecule has 0 unspecified atom stereocenters. The Bertz CT molecular complexity index is 758. The van der Waals surface area contributed by atoms with Crippen LogP contribution >= 0.6 is 22.9 Å². The number of rotatable bonds is 5. The van der Waals surface area contributed by atoms with Crippen LogP contribution in [0.15, 0.2) is 41.8 Å². The monoisotopic (exact) mass is 391 g/mol. The molecule has 1 aromatic carbocycles. The van der Waals surface area contributed by atoms with E-state index >= 15 is 0 Å². The van der Waals surface area contributed by atoms with Crippen molar-refractivity contribution >= 4 is 34.8 Å². The smallest absolute Gasteiger partial charge is 0.264 e. The summed E-state index contributed by atoms with van der Waals surface area (Å²) in [6.45, 7) is 3.28. The highest BCUT2D eigenvalue weighted by Crippen LogP contribution is 2.17. The van der Waals surface area contributed by atoms with Crippen LogP contribution in [0.3, 0.4) is 0 Å². The van der Waals surface area contributed by atoms with E-state index in [1.54, 1.807) is 0 Å². The van der Waals surface area contributed by atoms with E-state index in [4.69, 9.17) is 11.6 Å². The maximum absolute atomic E-state index is 12.5. The summed E-state index contributed by atoms with van der Waals surface area (Å²) in [5, 5.41) is 2.62. The molecule has 26 heavy (non-hydrogen) atoms. The summed E-state index contributed by atoms with van der Waals surface area (Å²) in [5.41, 5.74) is 1.01. The Morgan fingerprint density at radius 3 is 2.42 bits per heavy atom. The Labute approximate surface area is 162 Å². The SMILES string of the molecule is CN(CC(=O)N1CCN(C(=O)c2cccs2)CC1)Cc1ccccc1Cl. The van der Waals surface area contributed by atoms with E-state index in [1.165, 1.54) is 11.3 Å². The molecule has 2 heterocycles. The summed E-state index contributed by atoms with van der Waals surface area (Å²) in [4.78, 5) is 31.3. The highest BCUT2D eigenvalue weighted by atomic mass is 35.5. The highest BCUT2D eigenvalue weighted by Gasteiger charge is 2.25. The molecule has 1 fully saturated rings. The highest BCUT2D eigenvalue weighted by molar-refractivity contribution is 7.12. The van der Waals surface area contributed by atoms with E-state index in [2.05, 4.69) is 0 Å². The quantitative estimate of drug-likeness (QED) is 0.787. The number of hydrogen-bond donors (Lipinski definition) is 0. The molecular formula is C19H22ClN3O2S. The normalized spacial score (nSPS) is 14.7. The van der Waals surface area contributed by atoms with Crippen molar-refractivity contribution in [3.05, 3.63) is 57.2 Å². The fraction of sp³-hybridized carbons (Fsp3) is 0.368. The van der Waals surface area contributed by atoms with E-state index in [0.717, 1.165) is 10.4 Å². The van der Waals surface area contributed by atoms with Crippen molar-refractivity contribution in [3.63, 3.8) is 0 Å². The van der Waals surface area contributed by atoms with Crippen molar-refractivity contribution in [1.29, 1.82) is 0 Å². The first-order chi connectivity index (χ1) is 12.5. The molecular weight excluding hydrogens is 370 g/mol. The zero-order chi connectivity index (χ0) is 18.5. The number of benzene rings is 1. The van der Waals surface area contributed by atoms with Crippen LogP contribution in [0.4, 0.5) is 0 Å². The molecule has 1 saturated heterocycles. The molecule has 0 saturated carbocycles. The molecule has 138 valence electrons. The summed E-state index contributed by atoms with van der Waals surface area (Å²) in [6.07, 6.45) is 0. The Morgan fingerprint density at radius 1 is 1.08 bits per heavy atom. The Hall–Kier alpha value is -1.89. The maximum atomic E-state index is 12.5. The number of amides is 2. The first-order valence-electron chi connectivity index (χ1n) is 8.57. The van der Waals surface area contributed by atoms with Gasteiger partial charge in [-0.15, -0.1) is 11.3 Å². The number of carbonyl (C=O) groups excluding carboxylic acids is 2. The fourth-order valence-electron chi connectivity index (χ4n) is 3.02. The van der Waals surface area contributed by atoms with E-state index in [-0.39, 0.29) is 11.8 Å². The second-order valence-electron chi connectivity index (χ2n) is 6.41. The molecule has 7 heteroatoms. The number of likely N-dealkylation sites (N-methyl/N-ethyl adjacent to an activating group) is 1. The third-order valence-corrected chi connectivity index (χ3v) is 5.68. The molecule has 2 aromatic rings. The van der Waals surface area contributed by atoms with E-state index in [9.17, 15) is 9.59 Å². The third kappa shape index (κ3) is 4.63. The summed E-state index contributed by atoms with van der Waals surface area (Å²) < 4.78 is 0. The van der Waals surface area contributed by atoms with Crippen LogP contribution < -0.4 is 0 Å². The van der Waals surface area contributed by atoms with Gasteiger partial charge in [0.15, 0.2) is 0 Å². The van der Waals surface area contributed by atoms with Crippen molar-refractivity contribution in [1.82, 2.24) is 14.7 Å². The zero-order valence-electron chi connectivity index (χ0n) is 14.7. The van der Waals surface area contributed by atoms with Crippen LogP contribution in [-0.2, 0) is 11.3 Å². The van der Waals surface area contributed by atoms with Gasteiger partial charge >= 0.3 is 0 Å². The van der Waals surface area contributed by atoms with Gasteiger partial charge in [-0.25, -0.2) is 0 Å². The van der Waals surface area contributed by atoms with Crippen LogP contribution in [0, 0.1) is 0 Å². The predicted molar refractivity (Wildman–Crippen MR) is 105 cm³/mol. The predicted octanol–water partition coefficient (Wildman–Crippen LogP) is 2.82. The second kappa shape index (κ2) is 8.66. The van der Waals surface area contributed by atoms with Crippen molar-refractivity contribution in [2.24, 2.45) is 0 Å². The fourth-order valence-corrected chi connectivity index (χ4v) is 3.91. The lowest BCUT2D eigenvalue weighted by atomic mass is 10.2. The number of piperazine rings is 1. The summed E-state index contributed by atoms with van der Waals surface area (Å²) in [6, 6.07) is 11.4. The number of carbonyl (C=O) groups is 2. The van der Waals surface area contributed by atoms with Crippen molar-refractivity contribution in [2.45, 2.75) is 6.54 Å². The molecule has 0 bridgehead atoms. The van der Waals surface area contributed by atoms with Gasteiger partial charge in [-0.3, -0.25) is 14.5 Å². The van der Waals surface area contributed by atoms with Crippen molar-refractivity contribution in [2.75, 3.05) is 39.8 Å². The lowest BCUT2D eigenvalue weighted by Crippen LogP contribution is -2.52. The van der Waals surface area contributed by atoms with Crippen LogP contribution in [0.2, 0.25) is 5.02 Å². The minimum Gasteiger partial charge on any atom is -0.338 e. The van der Waals surface area contributed by atoms with Gasteiger partial charge < -0.3 is 9.80 Å². The molecule has 0 atom stereocenters. The molecule has 3 rings (SSSR count). The van der Waals surface area contributed by atoms with Crippen LogP contribution in [0.5, 0.6) is 0 Å². The molecule has 0 radical (unpaired) electrons. The maximum Gasteiger partial charge on any atom is 0.264 e. The van der Waals surface area contributed by atoms with E-state index < -0.39 is 0 Å². The largest absolute Gasteiger partial charge is 0.338 e. The molecule has 1 aromatic heterocycles. The Morgan fingerprint density at radius 2 is 1.77 bits per heavy atom. The van der Waals surface area contributed by atoms with Crippen LogP contribution in [-0.4, -0.2) is 66.3 Å². The number of hydrogen-bond acceptors (Lipinski definition) is 4. The Balaban J connectivity index is 1.47. The third-order valence-electron chi connectivity index (χ3n) is 4.45. The van der Waals surface area contributed by atoms with Gasteiger partial charge in [0.2, 0.25) is 5.91 Å². The average molecular weight is 392 g/mol. The molecule has 5 nitrogen and oxygen atoms in total. The van der Waals surface area contributed by atoms with Gasteiger partial charge in [-0.1, -0.05) is 35.9 Å². The van der Waals surface area contributed by atoms with Gasteiger partial charge in [-0.2, -0.15) is 0 Å². The van der Waals surface area contributed by atoms with E-state index in [1.807, 2.05) is 63.5 Å². The minimum atomic E-state index is 0.0583.